The molecule has 0 saturated heterocycles. The molecule has 20 heavy (non-hydrogen) atoms. The van der Waals surface area contributed by atoms with E-state index in [1.807, 2.05) is 0 Å². The first-order valence-corrected chi connectivity index (χ1v) is 7.83. The van der Waals surface area contributed by atoms with Gasteiger partial charge in [-0.15, -0.1) is 0 Å². The van der Waals surface area contributed by atoms with Gasteiger partial charge >= 0.3 is 19.9 Å². The number of amides is 1. The highest BCUT2D eigenvalue weighted by Gasteiger charge is 2.23. The maximum Gasteiger partial charge on any atom is 0.434 e. The maximum absolute atomic E-state index is 11.6. The van der Waals surface area contributed by atoms with Crippen molar-refractivity contribution >= 4 is 25.6 Å². The zero-order valence-electron chi connectivity index (χ0n) is 12.2. The van der Waals surface area contributed by atoms with Crippen LogP contribution < -0.4 is 0 Å². The Hall–Kier alpha value is -1.33. The molecule has 0 fully saturated rings. The summed E-state index contributed by atoms with van der Waals surface area (Å²) in [4.78, 5) is 26.7. The Morgan fingerprint density at radius 1 is 1.30 bits per heavy atom. The summed E-state index contributed by atoms with van der Waals surface area (Å²) in [5, 5.41) is 8.69. The van der Waals surface area contributed by atoms with Crippen LogP contribution in [0.4, 0.5) is 4.79 Å². The zero-order chi connectivity index (χ0) is 15.8. The third kappa shape index (κ3) is 8.72. The number of ether oxygens (including phenoxy) is 2. The minimum Gasteiger partial charge on any atom is -0.462 e. The highest BCUT2D eigenvalue weighted by atomic mass is 31.1. The predicted octanol–water partition coefficient (Wildman–Crippen LogP) is 2.09. The average molecular weight is 306 g/mol. The van der Waals surface area contributed by atoms with Crippen LogP contribution in [-0.4, -0.2) is 47.6 Å². The van der Waals surface area contributed by atoms with Crippen molar-refractivity contribution in [3.63, 3.8) is 0 Å². The number of carbonyl (C=O) groups is 2. The number of rotatable bonds is 6. The molecular weight excluding hydrogens is 285 g/mol. The molecule has 0 bridgehead atoms. The Balaban J connectivity index is 4.86. The summed E-state index contributed by atoms with van der Waals surface area (Å²) in [5.74, 6) is -0.750. The van der Waals surface area contributed by atoms with Crippen LogP contribution >= 0.6 is 7.80 Å². The number of aliphatic hydroxyl groups excluding tert-OH is 1. The Bertz CT molecular complexity index is 399. The highest BCUT2D eigenvalue weighted by Crippen LogP contribution is 2.19. The van der Waals surface area contributed by atoms with E-state index in [9.17, 15) is 14.2 Å². The standard InChI is InChI=1S/C12H21NO6P/c1-5-18-10(15)9(6-7-20(17)8-14)13-11(16)19-12(2,3)4/h14H,5-8H2,1-4H3/q+1. The van der Waals surface area contributed by atoms with Crippen LogP contribution in [-0.2, 0) is 18.8 Å². The van der Waals surface area contributed by atoms with E-state index < -0.39 is 31.8 Å². The molecule has 0 aliphatic rings. The molecule has 0 heterocycles. The Morgan fingerprint density at radius 3 is 2.35 bits per heavy atom. The van der Waals surface area contributed by atoms with Crippen molar-refractivity contribution in [2.75, 3.05) is 19.1 Å². The Morgan fingerprint density at radius 2 is 1.90 bits per heavy atom. The topological polar surface area (TPSA) is 102 Å². The van der Waals surface area contributed by atoms with Crippen LogP contribution in [0, 0.1) is 0 Å². The molecule has 0 saturated carbocycles. The fourth-order valence-corrected chi connectivity index (χ4v) is 1.72. The van der Waals surface area contributed by atoms with E-state index in [0.717, 1.165) is 0 Å². The molecule has 0 spiro atoms. The molecule has 0 aromatic rings. The molecule has 0 aliphatic heterocycles. The van der Waals surface area contributed by atoms with Crippen LogP contribution in [0.1, 0.15) is 34.1 Å². The van der Waals surface area contributed by atoms with Crippen molar-refractivity contribution in [3.8, 4) is 0 Å². The second kappa shape index (κ2) is 8.76. The smallest absolute Gasteiger partial charge is 0.434 e. The summed E-state index contributed by atoms with van der Waals surface area (Å²) < 4.78 is 20.9. The Kier molecular flexibility index (Phi) is 8.18. The van der Waals surface area contributed by atoms with Gasteiger partial charge in [0.1, 0.15) is 11.3 Å². The molecule has 114 valence electrons. The van der Waals surface area contributed by atoms with Gasteiger partial charge in [0.25, 0.3) is 0 Å². The summed E-state index contributed by atoms with van der Waals surface area (Å²) in [6.45, 7) is 6.78. The first-order chi connectivity index (χ1) is 9.19. The van der Waals surface area contributed by atoms with E-state index in [4.69, 9.17) is 14.6 Å². The third-order valence-electron chi connectivity index (χ3n) is 1.89. The first kappa shape index (κ1) is 18.7. The number of hydrogen-bond acceptors (Lipinski definition) is 6. The lowest BCUT2D eigenvalue weighted by atomic mass is 10.2. The van der Waals surface area contributed by atoms with Gasteiger partial charge < -0.3 is 14.6 Å². The van der Waals surface area contributed by atoms with Gasteiger partial charge in [-0.05, 0) is 27.7 Å². The molecule has 7 nitrogen and oxygen atoms in total. The molecule has 0 aliphatic carbocycles. The summed E-state index contributed by atoms with van der Waals surface area (Å²) in [5.41, 5.74) is -0.880. The zero-order valence-corrected chi connectivity index (χ0v) is 13.1. The van der Waals surface area contributed by atoms with Crippen molar-refractivity contribution in [2.24, 2.45) is 4.99 Å². The molecule has 1 amide bonds. The van der Waals surface area contributed by atoms with Crippen LogP contribution in [0.25, 0.3) is 0 Å². The molecule has 1 unspecified atom stereocenters. The van der Waals surface area contributed by atoms with Crippen molar-refractivity contribution in [1.29, 1.82) is 0 Å². The van der Waals surface area contributed by atoms with Crippen LogP contribution in [0.15, 0.2) is 4.99 Å². The van der Waals surface area contributed by atoms with Crippen LogP contribution in [0.3, 0.4) is 0 Å². The predicted molar refractivity (Wildman–Crippen MR) is 74.5 cm³/mol. The van der Waals surface area contributed by atoms with Gasteiger partial charge in [-0.1, -0.05) is 4.57 Å². The molecular formula is C12H21NO6P+. The molecule has 0 radical (unpaired) electrons. The molecule has 0 aromatic heterocycles. The van der Waals surface area contributed by atoms with Gasteiger partial charge in [0.2, 0.25) is 6.35 Å². The van der Waals surface area contributed by atoms with Crippen molar-refractivity contribution in [2.45, 2.75) is 39.7 Å². The third-order valence-corrected chi connectivity index (χ3v) is 2.92. The minimum atomic E-state index is -1.83. The molecule has 0 aromatic carbocycles. The molecule has 0 rings (SSSR count). The van der Waals surface area contributed by atoms with Gasteiger partial charge in [-0.25, -0.2) is 9.59 Å². The van der Waals surface area contributed by atoms with Crippen LogP contribution in [0.2, 0.25) is 0 Å². The van der Waals surface area contributed by atoms with E-state index in [2.05, 4.69) is 4.99 Å². The van der Waals surface area contributed by atoms with Gasteiger partial charge in [-0.3, -0.25) is 0 Å². The van der Waals surface area contributed by atoms with Crippen molar-refractivity contribution in [3.05, 3.63) is 0 Å². The summed E-state index contributed by atoms with van der Waals surface area (Å²) in [6, 6.07) is 0. The summed E-state index contributed by atoms with van der Waals surface area (Å²) in [6.07, 6.45) is -1.35. The SMILES string of the molecule is CCOC(=O)C(CC[P+](=O)CO)=NC(=O)OC(C)(C)C. The first-order valence-electron chi connectivity index (χ1n) is 6.20. The largest absolute Gasteiger partial charge is 0.462 e. The van der Waals surface area contributed by atoms with Gasteiger partial charge in [0.05, 0.1) is 6.61 Å². The van der Waals surface area contributed by atoms with Crippen LogP contribution in [0.5, 0.6) is 0 Å². The molecule has 8 heteroatoms. The monoisotopic (exact) mass is 306 g/mol. The minimum absolute atomic E-state index is 0.0200. The second-order valence-electron chi connectivity index (χ2n) is 4.86. The number of hydrogen-bond donors (Lipinski definition) is 1. The van der Waals surface area contributed by atoms with E-state index in [-0.39, 0.29) is 24.9 Å². The number of aliphatic hydroxyl groups is 1. The number of aliphatic imine (C=N–C) groups is 1. The maximum atomic E-state index is 11.6. The van der Waals surface area contributed by atoms with Gasteiger partial charge in [0, 0.05) is 6.42 Å². The highest BCUT2D eigenvalue weighted by molar-refractivity contribution is 7.44. The van der Waals surface area contributed by atoms with E-state index in [1.54, 1.807) is 27.7 Å². The number of nitrogens with zero attached hydrogens (tertiary/aromatic N) is 1. The normalized spacial score (nSPS) is 12.8. The fourth-order valence-electron chi connectivity index (χ4n) is 1.11. The second-order valence-corrected chi connectivity index (χ2v) is 6.55. The van der Waals surface area contributed by atoms with E-state index >= 15 is 0 Å². The lowest BCUT2D eigenvalue weighted by Crippen LogP contribution is -2.25. The summed E-state index contributed by atoms with van der Waals surface area (Å²) >= 11 is 0. The molecule has 1 atom stereocenters. The van der Waals surface area contributed by atoms with E-state index in [1.165, 1.54) is 0 Å². The fraction of sp³-hybridized carbons (Fsp3) is 0.750. The van der Waals surface area contributed by atoms with E-state index in [0.29, 0.717) is 0 Å². The summed E-state index contributed by atoms with van der Waals surface area (Å²) in [7, 11) is -1.83. The van der Waals surface area contributed by atoms with Gasteiger partial charge in [0.15, 0.2) is 6.16 Å². The average Bonchev–Trinajstić information content (AvgIpc) is 2.31. The van der Waals surface area contributed by atoms with Crippen molar-refractivity contribution in [1.82, 2.24) is 0 Å². The van der Waals surface area contributed by atoms with Gasteiger partial charge in [-0.2, -0.15) is 4.99 Å². The lowest BCUT2D eigenvalue weighted by Gasteiger charge is -2.17. The van der Waals surface area contributed by atoms with Crippen molar-refractivity contribution < 1.29 is 28.7 Å². The molecule has 1 N–H and O–H groups in total. The Labute approximate surface area is 119 Å². The number of carbonyl (C=O) groups excluding carboxylic acids is 2. The number of esters is 1. The quantitative estimate of drug-likeness (QED) is 0.458. The lowest BCUT2D eigenvalue weighted by molar-refractivity contribution is -0.135.